The number of Topliss-reactive ketones (excluding diaryl/α,β-unsaturated/α-hetero) is 1. The zero-order valence-corrected chi connectivity index (χ0v) is 7.71. The molecule has 1 aliphatic rings. The van der Waals surface area contributed by atoms with Crippen LogP contribution in [-0.4, -0.2) is 18.9 Å². The van der Waals surface area contributed by atoms with E-state index < -0.39 is 0 Å². The van der Waals surface area contributed by atoms with Crippen molar-refractivity contribution >= 4 is 5.78 Å². The van der Waals surface area contributed by atoms with Gasteiger partial charge in [-0.25, -0.2) is 0 Å². The first kappa shape index (κ1) is 8.45. The molecule has 0 unspecified atom stereocenters. The van der Waals surface area contributed by atoms with Gasteiger partial charge in [-0.2, -0.15) is 0 Å². The minimum absolute atomic E-state index is 0.211. The molecular formula is C11H13NO. The van der Waals surface area contributed by atoms with Crippen LogP contribution in [0, 0.1) is 12.8 Å². The molecule has 13 heavy (non-hydrogen) atoms. The third kappa shape index (κ3) is 1.63. The van der Waals surface area contributed by atoms with Gasteiger partial charge in [-0.3, -0.25) is 4.79 Å². The zero-order valence-electron chi connectivity index (χ0n) is 7.71. The first-order valence-electron chi connectivity index (χ1n) is 4.59. The summed E-state index contributed by atoms with van der Waals surface area (Å²) >= 11 is 0. The van der Waals surface area contributed by atoms with Crippen molar-refractivity contribution in [1.82, 2.24) is 5.32 Å². The number of aryl methyl sites for hydroxylation is 1. The summed E-state index contributed by atoms with van der Waals surface area (Å²) < 4.78 is 0. The van der Waals surface area contributed by atoms with Crippen molar-refractivity contribution < 1.29 is 4.79 Å². The third-order valence-corrected chi connectivity index (χ3v) is 2.49. The van der Waals surface area contributed by atoms with E-state index >= 15 is 0 Å². The van der Waals surface area contributed by atoms with Crippen molar-refractivity contribution in [1.29, 1.82) is 0 Å². The average Bonchev–Trinajstić information content (AvgIpc) is 2.02. The molecule has 0 saturated carbocycles. The number of hydrogen-bond donors (Lipinski definition) is 1. The highest BCUT2D eigenvalue weighted by Gasteiger charge is 2.25. The molecule has 0 atom stereocenters. The largest absolute Gasteiger partial charge is 0.315 e. The molecule has 1 aliphatic heterocycles. The van der Waals surface area contributed by atoms with Gasteiger partial charge in [-0.1, -0.05) is 29.8 Å². The Morgan fingerprint density at radius 3 is 2.38 bits per heavy atom. The van der Waals surface area contributed by atoms with Gasteiger partial charge >= 0.3 is 0 Å². The van der Waals surface area contributed by atoms with Crippen molar-refractivity contribution in [2.24, 2.45) is 5.92 Å². The lowest BCUT2D eigenvalue weighted by molar-refractivity contribution is 0.0878. The Balaban J connectivity index is 2.15. The molecule has 0 radical (unpaired) electrons. The summed E-state index contributed by atoms with van der Waals surface area (Å²) in [5.41, 5.74) is 2.04. The first-order chi connectivity index (χ1) is 6.27. The van der Waals surface area contributed by atoms with Crippen LogP contribution >= 0.6 is 0 Å². The Morgan fingerprint density at radius 1 is 1.31 bits per heavy atom. The van der Waals surface area contributed by atoms with Crippen molar-refractivity contribution in [3.8, 4) is 0 Å². The van der Waals surface area contributed by atoms with E-state index in [2.05, 4.69) is 5.32 Å². The number of rotatable bonds is 2. The fourth-order valence-electron chi connectivity index (χ4n) is 1.43. The summed E-state index contributed by atoms with van der Waals surface area (Å²) in [6, 6.07) is 7.80. The zero-order chi connectivity index (χ0) is 9.26. The third-order valence-electron chi connectivity index (χ3n) is 2.49. The first-order valence-corrected chi connectivity index (χ1v) is 4.59. The van der Waals surface area contributed by atoms with Gasteiger partial charge in [0.25, 0.3) is 0 Å². The molecule has 1 N–H and O–H groups in total. The number of carbonyl (C=O) groups is 1. The van der Waals surface area contributed by atoms with Crippen molar-refractivity contribution in [2.45, 2.75) is 6.92 Å². The van der Waals surface area contributed by atoms with Gasteiger partial charge in [0.2, 0.25) is 0 Å². The topological polar surface area (TPSA) is 29.1 Å². The molecule has 1 saturated heterocycles. The molecule has 2 heteroatoms. The van der Waals surface area contributed by atoms with E-state index in [1.54, 1.807) is 0 Å². The normalized spacial score (nSPS) is 16.7. The van der Waals surface area contributed by atoms with Crippen LogP contribution in [0.25, 0.3) is 0 Å². The van der Waals surface area contributed by atoms with Crippen LogP contribution in [0.1, 0.15) is 15.9 Å². The maximum Gasteiger partial charge on any atom is 0.168 e. The van der Waals surface area contributed by atoms with Gasteiger partial charge in [0.05, 0.1) is 0 Å². The molecule has 2 rings (SSSR count). The highest BCUT2D eigenvalue weighted by Crippen LogP contribution is 2.13. The Morgan fingerprint density at radius 2 is 1.92 bits per heavy atom. The Hall–Kier alpha value is -1.15. The number of benzene rings is 1. The van der Waals surface area contributed by atoms with Crippen molar-refractivity contribution in [2.75, 3.05) is 13.1 Å². The number of hydrogen-bond acceptors (Lipinski definition) is 2. The van der Waals surface area contributed by atoms with Gasteiger partial charge in [0.1, 0.15) is 0 Å². The van der Waals surface area contributed by atoms with Crippen LogP contribution in [0.5, 0.6) is 0 Å². The summed E-state index contributed by atoms with van der Waals surface area (Å²) in [5, 5.41) is 3.10. The van der Waals surface area contributed by atoms with Crippen molar-refractivity contribution in [3.63, 3.8) is 0 Å². The monoisotopic (exact) mass is 175 g/mol. The summed E-state index contributed by atoms with van der Waals surface area (Å²) in [4.78, 5) is 11.7. The molecule has 68 valence electrons. The molecule has 0 bridgehead atoms. The van der Waals surface area contributed by atoms with Crippen LogP contribution < -0.4 is 5.32 Å². The molecule has 0 aliphatic carbocycles. The van der Waals surface area contributed by atoms with Crippen LogP contribution in [-0.2, 0) is 0 Å². The van der Waals surface area contributed by atoms with Crippen LogP contribution in [0.4, 0.5) is 0 Å². The maximum atomic E-state index is 11.7. The molecule has 1 heterocycles. The number of ketones is 1. The van der Waals surface area contributed by atoms with Gasteiger partial charge in [-0.15, -0.1) is 0 Å². The lowest BCUT2D eigenvalue weighted by Gasteiger charge is -2.25. The van der Waals surface area contributed by atoms with Gasteiger partial charge < -0.3 is 5.32 Å². The summed E-state index contributed by atoms with van der Waals surface area (Å²) in [7, 11) is 0. The summed E-state index contributed by atoms with van der Waals surface area (Å²) in [5.74, 6) is 0.487. The molecule has 2 nitrogen and oxygen atoms in total. The highest BCUT2D eigenvalue weighted by molar-refractivity contribution is 5.98. The fourth-order valence-corrected chi connectivity index (χ4v) is 1.43. The van der Waals surface area contributed by atoms with Crippen LogP contribution in [0.15, 0.2) is 24.3 Å². The molecule has 0 aromatic heterocycles. The lowest BCUT2D eigenvalue weighted by Crippen LogP contribution is -2.46. The summed E-state index contributed by atoms with van der Waals surface area (Å²) in [6.07, 6.45) is 0. The Bertz CT molecular complexity index is 311. The Labute approximate surface area is 78.0 Å². The van der Waals surface area contributed by atoms with E-state index in [0.717, 1.165) is 18.7 Å². The Kier molecular flexibility index (Phi) is 2.15. The predicted octanol–water partition coefficient (Wildman–Crippen LogP) is 1.40. The standard InChI is InChI=1S/C11H13NO/c1-8-2-4-9(5-3-8)11(13)10-6-12-7-10/h2-5,10,12H,6-7H2,1H3. The second kappa shape index (κ2) is 3.30. The van der Waals surface area contributed by atoms with Crippen molar-refractivity contribution in [3.05, 3.63) is 35.4 Å². The second-order valence-electron chi connectivity index (χ2n) is 3.59. The molecular weight excluding hydrogens is 162 g/mol. The molecule has 0 amide bonds. The quantitative estimate of drug-likeness (QED) is 0.688. The van der Waals surface area contributed by atoms with Crippen LogP contribution in [0.3, 0.4) is 0 Å². The molecule has 1 aromatic carbocycles. The molecule has 0 spiro atoms. The van der Waals surface area contributed by atoms with E-state index in [1.807, 2.05) is 31.2 Å². The van der Waals surface area contributed by atoms with E-state index in [4.69, 9.17) is 0 Å². The molecule has 1 fully saturated rings. The average molecular weight is 175 g/mol. The smallest absolute Gasteiger partial charge is 0.168 e. The highest BCUT2D eigenvalue weighted by atomic mass is 16.1. The number of nitrogens with one attached hydrogen (secondary N) is 1. The van der Waals surface area contributed by atoms with E-state index in [1.165, 1.54) is 5.56 Å². The molecule has 1 aromatic rings. The van der Waals surface area contributed by atoms with E-state index in [9.17, 15) is 4.79 Å². The minimum Gasteiger partial charge on any atom is -0.315 e. The SMILES string of the molecule is Cc1ccc(C(=O)C2CNC2)cc1. The van der Waals surface area contributed by atoms with E-state index in [-0.39, 0.29) is 11.7 Å². The minimum atomic E-state index is 0.211. The van der Waals surface area contributed by atoms with Gasteiger partial charge in [-0.05, 0) is 6.92 Å². The second-order valence-corrected chi connectivity index (χ2v) is 3.59. The fraction of sp³-hybridized carbons (Fsp3) is 0.364. The number of carbonyl (C=O) groups excluding carboxylic acids is 1. The van der Waals surface area contributed by atoms with Crippen LogP contribution in [0.2, 0.25) is 0 Å². The van der Waals surface area contributed by atoms with Gasteiger partial charge in [0, 0.05) is 24.6 Å². The maximum absolute atomic E-state index is 11.7. The lowest BCUT2D eigenvalue weighted by atomic mass is 9.92. The van der Waals surface area contributed by atoms with Gasteiger partial charge in [0.15, 0.2) is 5.78 Å². The summed E-state index contributed by atoms with van der Waals surface area (Å²) in [6.45, 7) is 3.71. The van der Waals surface area contributed by atoms with E-state index in [0.29, 0.717) is 0 Å². The predicted molar refractivity (Wildman–Crippen MR) is 51.9 cm³/mol.